The van der Waals surface area contributed by atoms with Crippen LogP contribution in [0.1, 0.15) is 69.2 Å². The highest BCUT2D eigenvalue weighted by Gasteiger charge is 2.28. The number of piperidine rings is 1. The monoisotopic (exact) mass is 571 g/mol. The van der Waals surface area contributed by atoms with Crippen LogP contribution in [-0.4, -0.2) is 67.6 Å². The van der Waals surface area contributed by atoms with Crippen LogP contribution in [0.3, 0.4) is 0 Å². The molecule has 2 N–H and O–H groups in total. The van der Waals surface area contributed by atoms with Crippen molar-refractivity contribution in [2.24, 2.45) is 0 Å². The van der Waals surface area contributed by atoms with Gasteiger partial charge < -0.3 is 25.2 Å². The highest BCUT2D eigenvalue weighted by atomic mass is 16.5. The summed E-state index contributed by atoms with van der Waals surface area (Å²) in [4.78, 5) is 34.5. The van der Waals surface area contributed by atoms with E-state index in [1.807, 2.05) is 38.4 Å². The van der Waals surface area contributed by atoms with Crippen molar-refractivity contribution in [1.29, 1.82) is 0 Å². The molecule has 1 atom stereocenters. The molecule has 224 valence electrons. The third-order valence-electron chi connectivity index (χ3n) is 8.55. The molecule has 1 fully saturated rings. The molecular weight excluding hydrogens is 526 g/mol. The van der Waals surface area contributed by atoms with E-state index in [-0.39, 0.29) is 11.8 Å². The van der Waals surface area contributed by atoms with Crippen LogP contribution < -0.4 is 20.3 Å². The molecule has 1 saturated heterocycles. The van der Waals surface area contributed by atoms with Crippen molar-refractivity contribution in [1.82, 2.24) is 20.5 Å². The number of nitrogens with zero attached hydrogens (tertiary/aromatic N) is 3. The van der Waals surface area contributed by atoms with Crippen molar-refractivity contribution in [3.05, 3.63) is 88.2 Å². The number of aromatic nitrogens is 1. The Hall–Kier alpha value is -3.91. The van der Waals surface area contributed by atoms with Gasteiger partial charge in [-0.15, -0.1) is 0 Å². The van der Waals surface area contributed by atoms with E-state index >= 15 is 0 Å². The van der Waals surface area contributed by atoms with Crippen molar-refractivity contribution in [3.63, 3.8) is 0 Å². The Labute approximate surface area is 250 Å². The Bertz CT molecular complexity index is 1340. The largest absolute Gasteiger partial charge is 0.497 e. The fourth-order valence-electron chi connectivity index (χ4n) is 5.95. The Kier molecular flexibility index (Phi) is 10.6. The summed E-state index contributed by atoms with van der Waals surface area (Å²) < 4.78 is 5.40. The zero-order valence-corrected chi connectivity index (χ0v) is 25.9. The first-order valence-corrected chi connectivity index (χ1v) is 14.9. The minimum absolute atomic E-state index is 0.101. The number of aryl methyl sites for hydroxylation is 3. The van der Waals surface area contributed by atoms with Gasteiger partial charge in [-0.1, -0.05) is 0 Å². The summed E-state index contributed by atoms with van der Waals surface area (Å²) in [6, 6.07) is 14.8. The predicted octanol–water partition coefficient (Wildman–Crippen LogP) is 5.05. The molecule has 1 aliphatic heterocycles. The SMILES string of the molecule is CNC(=O)c1c(C)cc(C(=O)NCC[C@@H](C)N2CCC(N(Cc3cnccc3C)c3ccc(OC)cc3)CC2)cc1C. The van der Waals surface area contributed by atoms with Crippen molar-refractivity contribution in [3.8, 4) is 5.75 Å². The van der Waals surface area contributed by atoms with Gasteiger partial charge in [-0.05, 0) is 112 Å². The van der Waals surface area contributed by atoms with E-state index < -0.39 is 0 Å². The molecule has 2 amide bonds. The molecule has 2 aromatic carbocycles. The van der Waals surface area contributed by atoms with E-state index in [4.69, 9.17) is 4.74 Å². The van der Waals surface area contributed by atoms with Gasteiger partial charge in [0.05, 0.1) is 7.11 Å². The van der Waals surface area contributed by atoms with Gasteiger partial charge in [-0.2, -0.15) is 0 Å². The molecule has 1 aliphatic rings. The van der Waals surface area contributed by atoms with E-state index in [0.29, 0.717) is 29.8 Å². The molecule has 0 unspecified atom stereocenters. The molecule has 8 nitrogen and oxygen atoms in total. The Morgan fingerprint density at radius 3 is 2.29 bits per heavy atom. The van der Waals surface area contributed by atoms with Gasteiger partial charge in [-0.25, -0.2) is 0 Å². The summed E-state index contributed by atoms with van der Waals surface area (Å²) in [5, 5.41) is 5.76. The summed E-state index contributed by atoms with van der Waals surface area (Å²) in [7, 11) is 3.31. The minimum atomic E-state index is -0.131. The van der Waals surface area contributed by atoms with Crippen LogP contribution in [-0.2, 0) is 6.54 Å². The second-order valence-corrected chi connectivity index (χ2v) is 11.4. The van der Waals surface area contributed by atoms with Crippen LogP contribution in [0.5, 0.6) is 5.75 Å². The number of pyridine rings is 1. The van der Waals surface area contributed by atoms with Crippen LogP contribution in [0.4, 0.5) is 5.69 Å². The highest BCUT2D eigenvalue weighted by molar-refractivity contribution is 6.00. The number of anilines is 1. The smallest absolute Gasteiger partial charge is 0.251 e. The maximum atomic E-state index is 12.9. The highest BCUT2D eigenvalue weighted by Crippen LogP contribution is 2.29. The fraction of sp³-hybridized carbons (Fsp3) is 0.441. The first-order chi connectivity index (χ1) is 20.2. The number of hydrogen-bond donors (Lipinski definition) is 2. The summed E-state index contributed by atoms with van der Waals surface area (Å²) >= 11 is 0. The molecule has 0 saturated carbocycles. The lowest BCUT2D eigenvalue weighted by molar-refractivity contribution is 0.0938. The number of nitrogens with one attached hydrogen (secondary N) is 2. The molecular formula is C34H45N5O3. The first kappa shape index (κ1) is 31.0. The molecule has 4 rings (SSSR count). The van der Waals surface area contributed by atoms with Crippen molar-refractivity contribution < 1.29 is 14.3 Å². The maximum absolute atomic E-state index is 12.9. The van der Waals surface area contributed by atoms with Crippen LogP contribution in [0.2, 0.25) is 0 Å². The summed E-state index contributed by atoms with van der Waals surface area (Å²) in [5.41, 5.74) is 6.52. The van der Waals surface area contributed by atoms with E-state index in [1.165, 1.54) is 16.8 Å². The minimum Gasteiger partial charge on any atom is -0.497 e. The summed E-state index contributed by atoms with van der Waals surface area (Å²) in [6.45, 7) is 11.6. The lowest BCUT2D eigenvalue weighted by Gasteiger charge is -2.42. The van der Waals surface area contributed by atoms with Crippen LogP contribution in [0.25, 0.3) is 0 Å². The Balaban J connectivity index is 1.33. The molecule has 0 radical (unpaired) electrons. The zero-order chi connectivity index (χ0) is 30.2. The lowest BCUT2D eigenvalue weighted by atomic mass is 9.98. The van der Waals surface area contributed by atoms with Gasteiger partial charge in [-0.3, -0.25) is 14.6 Å². The van der Waals surface area contributed by atoms with E-state index in [2.05, 4.69) is 57.5 Å². The number of carbonyl (C=O) groups excluding carboxylic acids is 2. The van der Waals surface area contributed by atoms with Gasteiger partial charge in [0.1, 0.15) is 5.75 Å². The quantitative estimate of drug-likeness (QED) is 0.335. The number of hydrogen-bond acceptors (Lipinski definition) is 6. The maximum Gasteiger partial charge on any atom is 0.251 e. The van der Waals surface area contributed by atoms with Gasteiger partial charge in [0, 0.05) is 74.5 Å². The molecule has 0 spiro atoms. The van der Waals surface area contributed by atoms with Crippen molar-refractivity contribution >= 4 is 17.5 Å². The summed E-state index contributed by atoms with van der Waals surface area (Å²) in [5.74, 6) is 0.628. The van der Waals surface area contributed by atoms with Gasteiger partial charge >= 0.3 is 0 Å². The number of likely N-dealkylation sites (tertiary alicyclic amines) is 1. The molecule has 0 aliphatic carbocycles. The van der Waals surface area contributed by atoms with Crippen molar-refractivity contribution in [2.45, 2.75) is 65.6 Å². The number of benzene rings is 2. The molecule has 8 heteroatoms. The van der Waals surface area contributed by atoms with Crippen molar-refractivity contribution in [2.75, 3.05) is 38.7 Å². The topological polar surface area (TPSA) is 86.8 Å². The molecule has 2 heterocycles. The van der Waals surface area contributed by atoms with Gasteiger partial charge in [0.15, 0.2) is 0 Å². The third-order valence-corrected chi connectivity index (χ3v) is 8.55. The molecule has 3 aromatic rings. The molecule has 42 heavy (non-hydrogen) atoms. The van der Waals surface area contributed by atoms with E-state index in [1.54, 1.807) is 26.3 Å². The Morgan fingerprint density at radius 2 is 1.69 bits per heavy atom. The number of rotatable bonds is 11. The number of amides is 2. The summed E-state index contributed by atoms with van der Waals surface area (Å²) in [6.07, 6.45) is 6.85. The van der Waals surface area contributed by atoms with Crippen LogP contribution in [0.15, 0.2) is 54.9 Å². The lowest BCUT2D eigenvalue weighted by Crippen LogP contribution is -2.48. The van der Waals surface area contributed by atoms with Gasteiger partial charge in [0.2, 0.25) is 0 Å². The number of ether oxygens (including phenoxy) is 1. The molecule has 1 aromatic heterocycles. The van der Waals surface area contributed by atoms with Crippen LogP contribution >= 0.6 is 0 Å². The average molecular weight is 572 g/mol. The molecule has 0 bridgehead atoms. The Morgan fingerprint density at radius 1 is 1.02 bits per heavy atom. The van der Waals surface area contributed by atoms with E-state index in [9.17, 15) is 9.59 Å². The third kappa shape index (κ3) is 7.48. The number of carbonyl (C=O) groups is 2. The standard InChI is InChI=1S/C34H45N5O3/c1-23-11-15-36-21-28(23)22-39(29-7-9-31(42-6)10-8-29)30-13-17-38(18-14-30)26(4)12-16-37-33(40)27-19-24(2)32(25(3)20-27)34(41)35-5/h7-11,15,19-21,26,30H,12-14,16-18,22H2,1-6H3,(H,35,41)(H,37,40)/t26-/m1/s1. The fourth-order valence-corrected chi connectivity index (χ4v) is 5.95. The average Bonchev–Trinajstić information content (AvgIpc) is 3.00. The number of methoxy groups -OCH3 is 1. The second-order valence-electron chi connectivity index (χ2n) is 11.4. The second kappa shape index (κ2) is 14.3. The predicted molar refractivity (Wildman–Crippen MR) is 168 cm³/mol. The first-order valence-electron chi connectivity index (χ1n) is 14.9. The zero-order valence-electron chi connectivity index (χ0n) is 25.9. The normalized spacial score (nSPS) is 14.7. The van der Waals surface area contributed by atoms with Gasteiger partial charge in [0.25, 0.3) is 11.8 Å². The van der Waals surface area contributed by atoms with E-state index in [0.717, 1.165) is 55.8 Å². The van der Waals surface area contributed by atoms with Crippen LogP contribution in [0, 0.1) is 20.8 Å².